The molecular formula is C18H24N4O5S2. The first kappa shape index (κ1) is 21.3. The molecule has 2 aromatic rings. The Labute approximate surface area is 174 Å². The second kappa shape index (κ2) is 8.97. The number of anilines is 2. The summed E-state index contributed by atoms with van der Waals surface area (Å²) < 4.78 is 35.2. The van der Waals surface area contributed by atoms with Crippen molar-refractivity contribution in [1.82, 2.24) is 14.2 Å². The zero-order valence-electron chi connectivity index (χ0n) is 16.5. The topological polar surface area (TPSA) is 101 Å². The number of methoxy groups -OCH3 is 2. The summed E-state index contributed by atoms with van der Waals surface area (Å²) in [6.45, 7) is 1.43. The van der Waals surface area contributed by atoms with Gasteiger partial charge in [-0.05, 0) is 12.1 Å². The zero-order valence-corrected chi connectivity index (χ0v) is 18.2. The molecular weight excluding hydrogens is 416 g/mol. The minimum atomic E-state index is -3.21. The molecule has 1 aliphatic heterocycles. The van der Waals surface area contributed by atoms with Crippen LogP contribution in [0.15, 0.2) is 23.6 Å². The summed E-state index contributed by atoms with van der Waals surface area (Å²) in [7, 11) is -0.0364. The molecule has 0 unspecified atom stereocenters. The first-order chi connectivity index (χ1) is 13.8. The van der Waals surface area contributed by atoms with Gasteiger partial charge in [0.15, 0.2) is 5.13 Å². The van der Waals surface area contributed by atoms with Gasteiger partial charge in [0.05, 0.1) is 38.3 Å². The summed E-state index contributed by atoms with van der Waals surface area (Å²) in [6, 6.07) is 5.42. The molecule has 158 valence electrons. The van der Waals surface area contributed by atoms with Gasteiger partial charge in [0.1, 0.15) is 11.5 Å². The van der Waals surface area contributed by atoms with Crippen LogP contribution < -0.4 is 14.8 Å². The number of thiazole rings is 1. The summed E-state index contributed by atoms with van der Waals surface area (Å²) >= 11 is 1.39. The Balaban J connectivity index is 1.60. The first-order valence-corrected chi connectivity index (χ1v) is 11.7. The summed E-state index contributed by atoms with van der Waals surface area (Å²) in [5.74, 6) is 1.28. The Morgan fingerprint density at radius 1 is 1.21 bits per heavy atom. The van der Waals surface area contributed by atoms with E-state index in [9.17, 15) is 13.2 Å². The third-order valence-electron chi connectivity index (χ3n) is 4.59. The fourth-order valence-electron chi connectivity index (χ4n) is 3.01. The molecule has 29 heavy (non-hydrogen) atoms. The van der Waals surface area contributed by atoms with Gasteiger partial charge in [0.25, 0.3) is 0 Å². The van der Waals surface area contributed by atoms with Crippen molar-refractivity contribution in [2.45, 2.75) is 6.42 Å². The molecule has 1 aromatic heterocycles. The normalized spacial score (nSPS) is 15.2. The molecule has 0 saturated carbocycles. The summed E-state index contributed by atoms with van der Waals surface area (Å²) in [5, 5.41) is 5.67. The van der Waals surface area contributed by atoms with Crippen molar-refractivity contribution in [2.24, 2.45) is 0 Å². The minimum absolute atomic E-state index is 0.0611. The van der Waals surface area contributed by atoms with E-state index >= 15 is 0 Å². The van der Waals surface area contributed by atoms with Gasteiger partial charge in [-0.15, -0.1) is 11.3 Å². The summed E-state index contributed by atoms with van der Waals surface area (Å²) in [5.41, 5.74) is 1.38. The molecule has 1 N–H and O–H groups in total. The van der Waals surface area contributed by atoms with E-state index in [1.54, 1.807) is 31.3 Å². The van der Waals surface area contributed by atoms with Crippen LogP contribution in [0.4, 0.5) is 10.8 Å². The summed E-state index contributed by atoms with van der Waals surface area (Å²) in [6.07, 6.45) is 1.36. The van der Waals surface area contributed by atoms with Crippen LogP contribution in [0.2, 0.25) is 0 Å². The number of hydrogen-bond donors (Lipinski definition) is 1. The fourth-order valence-corrected chi connectivity index (χ4v) is 4.56. The van der Waals surface area contributed by atoms with Crippen molar-refractivity contribution in [1.29, 1.82) is 0 Å². The van der Waals surface area contributed by atoms with Crippen molar-refractivity contribution in [3.05, 3.63) is 29.3 Å². The smallest absolute Gasteiger partial charge is 0.228 e. The van der Waals surface area contributed by atoms with Crippen molar-refractivity contribution in [3.63, 3.8) is 0 Å². The van der Waals surface area contributed by atoms with Gasteiger partial charge in [0.2, 0.25) is 15.9 Å². The van der Waals surface area contributed by atoms with E-state index in [2.05, 4.69) is 10.3 Å². The molecule has 0 aliphatic carbocycles. The third kappa shape index (κ3) is 5.37. The number of sulfonamides is 1. The van der Waals surface area contributed by atoms with Crippen LogP contribution >= 0.6 is 11.3 Å². The van der Waals surface area contributed by atoms with Gasteiger partial charge >= 0.3 is 0 Å². The van der Waals surface area contributed by atoms with Crippen molar-refractivity contribution in [3.8, 4) is 11.5 Å². The van der Waals surface area contributed by atoms with Gasteiger partial charge in [-0.2, -0.15) is 4.31 Å². The van der Waals surface area contributed by atoms with Crippen molar-refractivity contribution < 1.29 is 22.7 Å². The summed E-state index contributed by atoms with van der Waals surface area (Å²) in [4.78, 5) is 18.7. The number of carbonyl (C=O) groups is 1. The predicted molar refractivity (Wildman–Crippen MR) is 112 cm³/mol. The fraction of sp³-hybridized carbons (Fsp3) is 0.444. The average molecular weight is 441 g/mol. The molecule has 1 saturated heterocycles. The van der Waals surface area contributed by atoms with E-state index in [0.29, 0.717) is 48.5 Å². The lowest BCUT2D eigenvalue weighted by Crippen LogP contribution is -2.50. The molecule has 0 bridgehead atoms. The average Bonchev–Trinajstić information content (AvgIpc) is 3.14. The Hall–Kier alpha value is -2.37. The molecule has 0 radical (unpaired) electrons. The number of hydrogen-bond acceptors (Lipinski definition) is 8. The van der Waals surface area contributed by atoms with Crippen molar-refractivity contribution >= 4 is 38.1 Å². The number of amides is 1. The van der Waals surface area contributed by atoms with Gasteiger partial charge < -0.3 is 19.7 Å². The maximum atomic E-state index is 12.5. The second-order valence-electron chi connectivity index (χ2n) is 6.55. The van der Waals surface area contributed by atoms with E-state index in [4.69, 9.17) is 9.47 Å². The monoisotopic (exact) mass is 440 g/mol. The molecule has 1 amide bonds. The molecule has 1 fully saturated rings. The largest absolute Gasteiger partial charge is 0.497 e. The molecule has 3 rings (SSSR count). The molecule has 1 aliphatic rings. The minimum Gasteiger partial charge on any atom is -0.497 e. The van der Waals surface area contributed by atoms with Crippen molar-refractivity contribution in [2.75, 3.05) is 52.0 Å². The number of aromatic nitrogens is 1. The van der Waals surface area contributed by atoms with E-state index in [-0.39, 0.29) is 12.3 Å². The van der Waals surface area contributed by atoms with E-state index in [0.717, 1.165) is 5.69 Å². The van der Waals surface area contributed by atoms with Crippen LogP contribution in [-0.4, -0.2) is 75.2 Å². The Bertz CT molecular complexity index is 968. The van der Waals surface area contributed by atoms with Gasteiger partial charge in [-0.1, -0.05) is 0 Å². The number of piperazine rings is 1. The van der Waals surface area contributed by atoms with E-state index in [1.165, 1.54) is 21.9 Å². The van der Waals surface area contributed by atoms with Gasteiger partial charge in [-0.25, -0.2) is 13.4 Å². The number of ether oxygens (including phenoxy) is 2. The highest BCUT2D eigenvalue weighted by Crippen LogP contribution is 2.32. The number of nitrogens with one attached hydrogen (secondary N) is 1. The molecule has 11 heteroatoms. The van der Waals surface area contributed by atoms with Gasteiger partial charge in [-0.3, -0.25) is 4.79 Å². The third-order valence-corrected chi connectivity index (χ3v) is 6.70. The van der Waals surface area contributed by atoms with Crippen LogP contribution in [0.1, 0.15) is 5.69 Å². The second-order valence-corrected chi connectivity index (χ2v) is 9.40. The van der Waals surface area contributed by atoms with Crippen LogP contribution in [0, 0.1) is 0 Å². The van der Waals surface area contributed by atoms with Crippen LogP contribution in [0.25, 0.3) is 0 Å². The van der Waals surface area contributed by atoms with Crippen LogP contribution in [0.5, 0.6) is 11.5 Å². The maximum absolute atomic E-state index is 12.5. The highest BCUT2D eigenvalue weighted by Gasteiger charge is 2.26. The first-order valence-electron chi connectivity index (χ1n) is 8.96. The quantitative estimate of drug-likeness (QED) is 0.697. The predicted octanol–water partition coefficient (Wildman–Crippen LogP) is 1.55. The number of benzene rings is 1. The SMILES string of the molecule is COc1ccc(OC)c(Nc2nc(CC(=O)N3CCN(S(C)(=O)=O)CC3)cs2)c1. The van der Waals surface area contributed by atoms with E-state index < -0.39 is 10.0 Å². The number of carbonyl (C=O) groups excluding carboxylic acids is 1. The molecule has 9 nitrogen and oxygen atoms in total. The number of nitrogens with zero attached hydrogens (tertiary/aromatic N) is 3. The lowest BCUT2D eigenvalue weighted by Gasteiger charge is -2.33. The van der Waals surface area contributed by atoms with Crippen LogP contribution in [0.3, 0.4) is 0 Å². The molecule has 1 aromatic carbocycles. The Morgan fingerprint density at radius 3 is 2.55 bits per heavy atom. The number of rotatable bonds is 7. The zero-order chi connectivity index (χ0) is 21.0. The highest BCUT2D eigenvalue weighted by molar-refractivity contribution is 7.88. The standard InChI is InChI=1S/C18H24N4O5S2/c1-26-14-4-5-16(27-2)15(11-14)20-18-19-13(12-28-18)10-17(23)21-6-8-22(9-7-21)29(3,24)25/h4-5,11-12H,6-10H2,1-3H3,(H,19,20). The molecule has 0 atom stereocenters. The van der Waals surface area contributed by atoms with E-state index in [1.807, 2.05) is 11.4 Å². The van der Waals surface area contributed by atoms with Crippen LogP contribution in [-0.2, 0) is 21.2 Å². The molecule has 0 spiro atoms. The molecule has 2 heterocycles. The highest BCUT2D eigenvalue weighted by atomic mass is 32.2. The Kier molecular flexibility index (Phi) is 6.60. The Morgan fingerprint density at radius 2 is 1.93 bits per heavy atom. The maximum Gasteiger partial charge on any atom is 0.228 e. The lowest BCUT2D eigenvalue weighted by molar-refractivity contribution is -0.131. The van der Waals surface area contributed by atoms with Gasteiger partial charge in [0, 0.05) is 37.6 Å². The lowest BCUT2D eigenvalue weighted by atomic mass is 10.2.